The SMILES string of the molecule is O=C(NS(=O)(=O)CCC(F)(F)F)c1ccc(N2CCN(Cc3ccccc3-c3cccc(O)c3)CC2)nn1. The molecule has 202 valence electrons. The number of piperazine rings is 1. The van der Waals surface area contributed by atoms with Crippen molar-refractivity contribution >= 4 is 21.7 Å². The number of aromatic hydroxyl groups is 1. The van der Waals surface area contributed by atoms with E-state index in [9.17, 15) is 31.5 Å². The molecule has 1 fully saturated rings. The maximum atomic E-state index is 12.3. The average molecular weight is 550 g/mol. The average Bonchev–Trinajstić information content (AvgIpc) is 2.88. The number of amides is 1. The summed E-state index contributed by atoms with van der Waals surface area (Å²) in [6, 6.07) is 18.0. The molecule has 0 spiro atoms. The zero-order valence-corrected chi connectivity index (χ0v) is 21.0. The lowest BCUT2D eigenvalue weighted by atomic mass is 9.99. The Morgan fingerprint density at radius 2 is 1.71 bits per heavy atom. The Hall–Kier alpha value is -3.71. The van der Waals surface area contributed by atoms with Gasteiger partial charge in [-0.15, -0.1) is 10.2 Å². The number of phenolic OH excluding ortho intramolecular Hbond substituents is 1. The van der Waals surface area contributed by atoms with Gasteiger partial charge < -0.3 is 10.0 Å². The van der Waals surface area contributed by atoms with E-state index in [1.165, 1.54) is 12.1 Å². The van der Waals surface area contributed by atoms with Crippen LogP contribution in [0.1, 0.15) is 22.5 Å². The summed E-state index contributed by atoms with van der Waals surface area (Å²) in [4.78, 5) is 16.4. The van der Waals surface area contributed by atoms with Gasteiger partial charge in [-0.05, 0) is 41.0 Å². The topological polar surface area (TPSA) is 116 Å². The number of alkyl halides is 3. The van der Waals surface area contributed by atoms with Crippen LogP contribution < -0.4 is 9.62 Å². The molecule has 0 atom stereocenters. The molecule has 0 saturated carbocycles. The summed E-state index contributed by atoms with van der Waals surface area (Å²) in [6.45, 7) is 3.46. The van der Waals surface area contributed by atoms with E-state index >= 15 is 0 Å². The molecule has 2 aromatic carbocycles. The molecule has 9 nitrogen and oxygen atoms in total. The molecule has 38 heavy (non-hydrogen) atoms. The van der Waals surface area contributed by atoms with Gasteiger partial charge in [-0.1, -0.05) is 36.4 Å². The number of nitrogens with one attached hydrogen (secondary N) is 1. The van der Waals surface area contributed by atoms with Crippen LogP contribution in [0.15, 0.2) is 60.7 Å². The Balaban J connectivity index is 1.33. The van der Waals surface area contributed by atoms with E-state index in [4.69, 9.17) is 0 Å². The second kappa shape index (κ2) is 11.4. The minimum atomic E-state index is -4.65. The molecule has 1 amide bonds. The van der Waals surface area contributed by atoms with E-state index in [0.717, 1.165) is 29.8 Å². The third kappa shape index (κ3) is 7.42. The standard InChI is InChI=1S/C25H26F3N5O4S/c26-25(27,28)10-15-38(36,37)31-24(35)22-8-9-23(30-29-22)33-13-11-32(12-14-33)17-19-4-1-2-7-21(19)18-5-3-6-20(34)16-18/h1-9,16,34H,10-15,17H2,(H,31,35). The highest BCUT2D eigenvalue weighted by molar-refractivity contribution is 7.90. The van der Waals surface area contributed by atoms with E-state index in [1.54, 1.807) is 16.9 Å². The number of hydrogen-bond donors (Lipinski definition) is 2. The van der Waals surface area contributed by atoms with Crippen LogP contribution in [0.3, 0.4) is 0 Å². The van der Waals surface area contributed by atoms with Crippen molar-refractivity contribution in [3.63, 3.8) is 0 Å². The highest BCUT2D eigenvalue weighted by atomic mass is 32.2. The molecular weight excluding hydrogens is 523 g/mol. The lowest BCUT2D eigenvalue weighted by molar-refractivity contribution is -0.130. The molecule has 1 saturated heterocycles. The maximum absolute atomic E-state index is 12.3. The van der Waals surface area contributed by atoms with Crippen molar-refractivity contribution in [1.82, 2.24) is 19.8 Å². The summed E-state index contributed by atoms with van der Waals surface area (Å²) < 4.78 is 61.9. The molecule has 1 aromatic heterocycles. The molecular formula is C25H26F3N5O4S. The van der Waals surface area contributed by atoms with Crippen LogP contribution in [0.5, 0.6) is 5.75 Å². The fraction of sp³-hybridized carbons (Fsp3) is 0.320. The lowest BCUT2D eigenvalue weighted by Gasteiger charge is -2.35. The first-order valence-electron chi connectivity index (χ1n) is 11.8. The monoisotopic (exact) mass is 549 g/mol. The van der Waals surface area contributed by atoms with E-state index in [2.05, 4.69) is 21.2 Å². The largest absolute Gasteiger partial charge is 0.508 e. The lowest BCUT2D eigenvalue weighted by Crippen LogP contribution is -2.46. The summed E-state index contributed by atoms with van der Waals surface area (Å²) >= 11 is 0. The molecule has 0 radical (unpaired) electrons. The molecule has 4 rings (SSSR count). The second-order valence-electron chi connectivity index (χ2n) is 8.86. The first kappa shape index (κ1) is 27.3. The minimum absolute atomic E-state index is 0.207. The normalized spacial score (nSPS) is 14.9. The van der Waals surface area contributed by atoms with Gasteiger partial charge in [0.05, 0.1) is 12.2 Å². The quantitative estimate of drug-likeness (QED) is 0.440. The van der Waals surface area contributed by atoms with Crippen LogP contribution in [0.2, 0.25) is 0 Å². The van der Waals surface area contributed by atoms with Gasteiger partial charge in [0.25, 0.3) is 5.91 Å². The molecule has 13 heteroatoms. The molecule has 1 aliphatic rings. The highest BCUT2D eigenvalue weighted by Crippen LogP contribution is 2.28. The van der Waals surface area contributed by atoms with Gasteiger partial charge in [0.1, 0.15) is 5.75 Å². The van der Waals surface area contributed by atoms with Crippen molar-refractivity contribution in [2.45, 2.75) is 19.1 Å². The van der Waals surface area contributed by atoms with E-state index in [1.807, 2.05) is 35.2 Å². The molecule has 2 heterocycles. The predicted octanol–water partition coefficient (Wildman–Crippen LogP) is 3.18. The smallest absolute Gasteiger partial charge is 0.390 e. The Bertz CT molecular complexity index is 1380. The van der Waals surface area contributed by atoms with Crippen molar-refractivity contribution < 1.29 is 31.5 Å². The fourth-order valence-electron chi connectivity index (χ4n) is 4.10. The molecule has 0 bridgehead atoms. The number of hydrogen-bond acceptors (Lipinski definition) is 8. The Kier molecular flexibility index (Phi) is 8.17. The molecule has 2 N–H and O–H groups in total. The first-order valence-corrected chi connectivity index (χ1v) is 13.4. The number of phenols is 1. The van der Waals surface area contributed by atoms with Crippen molar-refractivity contribution in [3.8, 4) is 16.9 Å². The number of carbonyl (C=O) groups is 1. The third-order valence-electron chi connectivity index (χ3n) is 6.05. The first-order chi connectivity index (χ1) is 18.0. The van der Waals surface area contributed by atoms with Crippen LogP contribution >= 0.6 is 0 Å². The number of anilines is 1. The van der Waals surface area contributed by atoms with E-state index in [0.29, 0.717) is 25.5 Å². The van der Waals surface area contributed by atoms with Crippen LogP contribution in [0, 0.1) is 0 Å². The van der Waals surface area contributed by atoms with Gasteiger partial charge >= 0.3 is 6.18 Å². The molecule has 0 aliphatic carbocycles. The number of aromatic nitrogens is 2. The Labute approximate surface area is 218 Å². The summed E-state index contributed by atoms with van der Waals surface area (Å²) in [7, 11) is -4.46. The third-order valence-corrected chi connectivity index (χ3v) is 7.29. The van der Waals surface area contributed by atoms with Gasteiger partial charge in [-0.3, -0.25) is 9.69 Å². The number of nitrogens with zero attached hydrogens (tertiary/aromatic N) is 4. The van der Waals surface area contributed by atoms with E-state index in [-0.39, 0.29) is 11.4 Å². The number of sulfonamides is 1. The maximum Gasteiger partial charge on any atom is 0.390 e. The van der Waals surface area contributed by atoms with Gasteiger partial charge in [-0.2, -0.15) is 13.2 Å². The van der Waals surface area contributed by atoms with Gasteiger partial charge in [-0.25, -0.2) is 13.1 Å². The van der Waals surface area contributed by atoms with Crippen molar-refractivity contribution in [1.29, 1.82) is 0 Å². The van der Waals surface area contributed by atoms with Crippen molar-refractivity contribution in [2.75, 3.05) is 36.8 Å². The number of carbonyl (C=O) groups excluding carboxylic acids is 1. The predicted molar refractivity (Wildman–Crippen MR) is 135 cm³/mol. The number of benzene rings is 2. The fourth-order valence-corrected chi connectivity index (χ4v) is 5.09. The van der Waals surface area contributed by atoms with Crippen LogP contribution in [-0.2, 0) is 16.6 Å². The minimum Gasteiger partial charge on any atom is -0.508 e. The Morgan fingerprint density at radius 1 is 0.974 bits per heavy atom. The Morgan fingerprint density at radius 3 is 2.37 bits per heavy atom. The van der Waals surface area contributed by atoms with Crippen molar-refractivity contribution in [2.24, 2.45) is 0 Å². The van der Waals surface area contributed by atoms with Crippen LogP contribution in [0.4, 0.5) is 19.0 Å². The van der Waals surface area contributed by atoms with Gasteiger partial charge in [0.2, 0.25) is 10.0 Å². The zero-order chi connectivity index (χ0) is 27.3. The summed E-state index contributed by atoms with van der Waals surface area (Å²) in [5.41, 5.74) is 2.80. The van der Waals surface area contributed by atoms with Crippen molar-refractivity contribution in [3.05, 3.63) is 71.9 Å². The van der Waals surface area contributed by atoms with E-state index < -0.39 is 34.3 Å². The molecule has 1 aliphatic heterocycles. The summed E-state index contributed by atoms with van der Waals surface area (Å²) in [6.07, 6.45) is -6.22. The van der Waals surface area contributed by atoms with Crippen LogP contribution in [0.25, 0.3) is 11.1 Å². The van der Waals surface area contributed by atoms with Gasteiger partial charge in [0.15, 0.2) is 11.5 Å². The van der Waals surface area contributed by atoms with Gasteiger partial charge in [0, 0.05) is 32.7 Å². The number of rotatable bonds is 8. The highest BCUT2D eigenvalue weighted by Gasteiger charge is 2.31. The zero-order valence-electron chi connectivity index (χ0n) is 20.2. The second-order valence-corrected chi connectivity index (χ2v) is 10.7. The molecule has 3 aromatic rings. The number of halogens is 3. The summed E-state index contributed by atoms with van der Waals surface area (Å²) in [5, 5.41) is 17.6. The van der Waals surface area contributed by atoms with Crippen LogP contribution in [-0.4, -0.2) is 72.6 Å². The summed E-state index contributed by atoms with van der Waals surface area (Å²) in [5.74, 6) is -1.68. The molecule has 0 unspecified atom stereocenters.